The first-order chi connectivity index (χ1) is 14.4. The number of benzene rings is 2. The summed E-state index contributed by atoms with van der Waals surface area (Å²) >= 11 is 1.23. The molecule has 7 heteroatoms. The number of amides is 1. The fraction of sp³-hybridized carbons (Fsp3) is 0.261. The van der Waals surface area contributed by atoms with E-state index in [1.165, 1.54) is 24.4 Å². The lowest BCUT2D eigenvalue weighted by atomic mass is 10.0. The first-order valence-electron chi connectivity index (χ1n) is 9.44. The van der Waals surface area contributed by atoms with Crippen LogP contribution in [-0.4, -0.2) is 30.9 Å². The molecule has 3 rings (SSSR count). The van der Waals surface area contributed by atoms with E-state index >= 15 is 0 Å². The minimum absolute atomic E-state index is 0.118. The molecule has 6 nitrogen and oxygen atoms in total. The summed E-state index contributed by atoms with van der Waals surface area (Å²) in [5.74, 6) is 1.44. The topological polar surface area (TPSA) is 84.2 Å². The van der Waals surface area contributed by atoms with Crippen LogP contribution in [0.25, 0.3) is 10.9 Å². The molecule has 0 spiro atoms. The molecular weight excluding hydrogens is 398 g/mol. The van der Waals surface area contributed by atoms with Gasteiger partial charge in [-0.05, 0) is 41.8 Å². The second-order valence-corrected chi connectivity index (χ2v) is 7.93. The minimum atomic E-state index is -0.218. The van der Waals surface area contributed by atoms with Gasteiger partial charge in [0.25, 0.3) is 0 Å². The third-order valence-electron chi connectivity index (χ3n) is 4.61. The van der Waals surface area contributed by atoms with Crippen molar-refractivity contribution < 1.29 is 14.3 Å². The van der Waals surface area contributed by atoms with Crippen molar-refractivity contribution in [3.63, 3.8) is 0 Å². The van der Waals surface area contributed by atoms with E-state index in [1.807, 2.05) is 18.2 Å². The Morgan fingerprint density at radius 3 is 2.63 bits per heavy atom. The average Bonchev–Trinajstić information content (AvgIpc) is 2.76. The summed E-state index contributed by atoms with van der Waals surface area (Å²) in [6.45, 7) is 4.25. The van der Waals surface area contributed by atoms with Crippen molar-refractivity contribution in [2.24, 2.45) is 0 Å². The Morgan fingerprint density at radius 2 is 1.97 bits per heavy atom. The fourth-order valence-corrected chi connectivity index (χ4v) is 3.71. The summed E-state index contributed by atoms with van der Waals surface area (Å²) in [4.78, 5) is 17.1. The number of methoxy groups -OCH3 is 2. The van der Waals surface area contributed by atoms with Crippen LogP contribution < -0.4 is 14.8 Å². The van der Waals surface area contributed by atoms with Crippen LogP contribution in [-0.2, 0) is 4.79 Å². The van der Waals surface area contributed by atoms with Crippen molar-refractivity contribution in [2.45, 2.75) is 24.8 Å². The monoisotopic (exact) mass is 421 g/mol. The summed E-state index contributed by atoms with van der Waals surface area (Å²) in [6.07, 6.45) is 0. The number of hydrogen-bond donors (Lipinski definition) is 1. The van der Waals surface area contributed by atoms with Crippen molar-refractivity contribution in [1.82, 2.24) is 4.98 Å². The lowest BCUT2D eigenvalue weighted by molar-refractivity contribution is -0.113. The highest BCUT2D eigenvalue weighted by molar-refractivity contribution is 8.00. The van der Waals surface area contributed by atoms with Crippen LogP contribution in [0.4, 0.5) is 5.69 Å². The first-order valence-corrected chi connectivity index (χ1v) is 10.4. The highest BCUT2D eigenvalue weighted by atomic mass is 32.2. The lowest BCUT2D eigenvalue weighted by Gasteiger charge is -2.12. The summed E-state index contributed by atoms with van der Waals surface area (Å²) in [6, 6.07) is 15.3. The van der Waals surface area contributed by atoms with E-state index in [1.54, 1.807) is 25.3 Å². The number of carbonyl (C=O) groups is 1. The van der Waals surface area contributed by atoms with Crippen LogP contribution in [0.1, 0.15) is 30.9 Å². The van der Waals surface area contributed by atoms with Gasteiger partial charge in [-0.25, -0.2) is 4.98 Å². The van der Waals surface area contributed by atoms with Gasteiger partial charge in [-0.3, -0.25) is 4.79 Å². The lowest BCUT2D eigenvalue weighted by Crippen LogP contribution is -2.15. The van der Waals surface area contributed by atoms with Gasteiger partial charge in [0.05, 0.1) is 36.7 Å². The molecule has 1 amide bonds. The smallest absolute Gasteiger partial charge is 0.234 e. The molecule has 0 saturated heterocycles. The van der Waals surface area contributed by atoms with Gasteiger partial charge in [-0.1, -0.05) is 31.7 Å². The summed E-state index contributed by atoms with van der Waals surface area (Å²) in [5.41, 5.74) is 3.01. The van der Waals surface area contributed by atoms with E-state index in [0.29, 0.717) is 33.7 Å². The predicted octanol–water partition coefficient (Wildman–Crippen LogP) is 4.98. The molecule has 2 aromatic carbocycles. The maximum Gasteiger partial charge on any atom is 0.234 e. The average molecular weight is 422 g/mol. The summed E-state index contributed by atoms with van der Waals surface area (Å²) in [7, 11) is 3.10. The number of nitrogens with zero attached hydrogens (tertiary/aromatic N) is 2. The van der Waals surface area contributed by atoms with Gasteiger partial charge in [0.1, 0.15) is 22.6 Å². The predicted molar refractivity (Wildman–Crippen MR) is 119 cm³/mol. The second kappa shape index (κ2) is 9.51. The van der Waals surface area contributed by atoms with E-state index < -0.39 is 0 Å². The summed E-state index contributed by atoms with van der Waals surface area (Å²) < 4.78 is 10.5. The van der Waals surface area contributed by atoms with Crippen molar-refractivity contribution >= 4 is 34.3 Å². The van der Waals surface area contributed by atoms with Gasteiger partial charge in [-0.15, -0.1) is 0 Å². The highest BCUT2D eigenvalue weighted by Crippen LogP contribution is 2.30. The van der Waals surface area contributed by atoms with Crippen LogP contribution in [0.5, 0.6) is 11.5 Å². The SMILES string of the molecule is COc1ccc(NC(=O)CSc2nc3ccc(C(C)C)cc3cc2C#N)c(OC)c1. The Labute approximate surface area is 180 Å². The van der Waals surface area contributed by atoms with Crippen molar-refractivity contribution in [3.8, 4) is 17.6 Å². The molecule has 0 unspecified atom stereocenters. The molecule has 0 radical (unpaired) electrons. The number of fused-ring (bicyclic) bond motifs is 1. The Morgan fingerprint density at radius 1 is 1.17 bits per heavy atom. The number of nitrogens with one attached hydrogen (secondary N) is 1. The molecule has 3 aromatic rings. The zero-order chi connectivity index (χ0) is 21.7. The van der Waals surface area contributed by atoms with Crippen LogP contribution in [0.15, 0.2) is 47.5 Å². The van der Waals surface area contributed by atoms with Gasteiger partial charge < -0.3 is 14.8 Å². The molecule has 154 valence electrons. The zero-order valence-corrected chi connectivity index (χ0v) is 18.2. The van der Waals surface area contributed by atoms with E-state index in [-0.39, 0.29) is 11.7 Å². The zero-order valence-electron chi connectivity index (χ0n) is 17.4. The molecule has 1 N–H and O–H groups in total. The van der Waals surface area contributed by atoms with Gasteiger partial charge in [0, 0.05) is 11.5 Å². The number of hydrogen-bond acceptors (Lipinski definition) is 6. The van der Waals surface area contributed by atoms with Gasteiger partial charge in [0.2, 0.25) is 5.91 Å². The largest absolute Gasteiger partial charge is 0.497 e. The number of aromatic nitrogens is 1. The second-order valence-electron chi connectivity index (χ2n) is 6.96. The normalized spacial score (nSPS) is 10.7. The number of rotatable bonds is 7. The van der Waals surface area contributed by atoms with E-state index in [9.17, 15) is 10.1 Å². The number of pyridine rings is 1. The van der Waals surface area contributed by atoms with E-state index in [4.69, 9.17) is 9.47 Å². The molecule has 0 atom stereocenters. The van der Waals surface area contributed by atoms with Crippen molar-refractivity contribution in [1.29, 1.82) is 5.26 Å². The third kappa shape index (κ3) is 4.84. The molecule has 0 fully saturated rings. The molecular formula is C23H23N3O3S. The molecule has 0 aliphatic rings. The third-order valence-corrected chi connectivity index (χ3v) is 5.60. The minimum Gasteiger partial charge on any atom is -0.497 e. The van der Waals surface area contributed by atoms with Crippen LogP contribution in [0.2, 0.25) is 0 Å². The Bertz CT molecular complexity index is 1120. The molecule has 0 bridgehead atoms. The summed E-state index contributed by atoms with van der Waals surface area (Å²) in [5, 5.41) is 13.8. The molecule has 0 saturated carbocycles. The van der Waals surface area contributed by atoms with Crippen LogP contribution in [0.3, 0.4) is 0 Å². The Hall–Kier alpha value is -3.24. The van der Waals surface area contributed by atoms with Crippen molar-refractivity contribution in [3.05, 3.63) is 53.6 Å². The van der Waals surface area contributed by atoms with Gasteiger partial charge in [0.15, 0.2) is 0 Å². The maximum absolute atomic E-state index is 12.5. The maximum atomic E-state index is 12.5. The number of carbonyl (C=O) groups excluding carboxylic acids is 1. The van der Waals surface area contributed by atoms with Crippen LogP contribution >= 0.6 is 11.8 Å². The fourth-order valence-electron chi connectivity index (χ4n) is 2.95. The van der Waals surface area contributed by atoms with Crippen LogP contribution in [0, 0.1) is 11.3 Å². The quantitative estimate of drug-likeness (QED) is 0.542. The standard InChI is InChI=1S/C23H23N3O3S/c1-14(2)15-5-7-19-16(9-15)10-17(12-24)23(26-19)30-13-22(27)25-20-8-6-18(28-3)11-21(20)29-4/h5-11,14H,13H2,1-4H3,(H,25,27). The van der Waals surface area contributed by atoms with Gasteiger partial charge in [-0.2, -0.15) is 5.26 Å². The van der Waals surface area contributed by atoms with E-state index in [2.05, 4.69) is 36.3 Å². The number of thioether (sulfide) groups is 1. The van der Waals surface area contributed by atoms with Crippen molar-refractivity contribution in [2.75, 3.05) is 25.3 Å². The number of anilines is 1. The first kappa shape index (κ1) is 21.5. The number of ether oxygens (including phenoxy) is 2. The van der Waals surface area contributed by atoms with Gasteiger partial charge >= 0.3 is 0 Å². The molecule has 30 heavy (non-hydrogen) atoms. The highest BCUT2D eigenvalue weighted by Gasteiger charge is 2.13. The molecule has 0 aliphatic heterocycles. The molecule has 1 heterocycles. The Balaban J connectivity index is 1.75. The number of nitriles is 1. The Kier molecular flexibility index (Phi) is 6.80. The molecule has 1 aromatic heterocycles. The van der Waals surface area contributed by atoms with E-state index in [0.717, 1.165) is 10.9 Å². The molecule has 0 aliphatic carbocycles.